The zero-order chi connectivity index (χ0) is 34.1. The van der Waals surface area contributed by atoms with E-state index >= 15 is 0 Å². The monoisotopic (exact) mass is 680 g/mol. The first-order chi connectivity index (χ1) is 24.3. The number of pyridine rings is 1. The van der Waals surface area contributed by atoms with Crippen molar-refractivity contribution in [3.63, 3.8) is 0 Å². The van der Waals surface area contributed by atoms with Crippen LogP contribution in [0.5, 0.6) is 0 Å². The normalized spacial score (nSPS) is 20.9. The molecule has 254 valence electrons. The Labute approximate surface area is 283 Å². The molecule has 2 fully saturated rings. The van der Waals surface area contributed by atoms with Gasteiger partial charge >= 0.3 is 0 Å². The topological polar surface area (TPSA) is 119 Å². The van der Waals surface area contributed by atoms with Crippen molar-refractivity contribution in [2.24, 2.45) is 0 Å². The Kier molecular flexibility index (Phi) is 7.19. The largest absolute Gasteiger partial charge is 0.374 e. The quantitative estimate of drug-likeness (QED) is 0.279. The van der Waals surface area contributed by atoms with E-state index in [0.29, 0.717) is 90.9 Å². The van der Waals surface area contributed by atoms with Crippen molar-refractivity contribution >= 4 is 39.6 Å². The molecular weight excluding hydrogens is 649 g/mol. The maximum atomic E-state index is 15.0. The van der Waals surface area contributed by atoms with Crippen molar-refractivity contribution < 1.29 is 22.7 Å². The lowest BCUT2D eigenvalue weighted by molar-refractivity contribution is -0.133. The summed E-state index contributed by atoms with van der Waals surface area (Å²) in [6.07, 6.45) is 3.65. The number of carbonyl (C=O) groups is 1. The summed E-state index contributed by atoms with van der Waals surface area (Å²) in [6.45, 7) is 4.02. The Balaban J connectivity index is 1.16. The molecule has 0 unspecified atom stereocenters. The summed E-state index contributed by atoms with van der Waals surface area (Å²) in [4.78, 5) is 37.0. The zero-order valence-corrected chi connectivity index (χ0v) is 26.9. The van der Waals surface area contributed by atoms with Crippen LogP contribution >= 0.6 is 0 Å². The van der Waals surface area contributed by atoms with Gasteiger partial charge in [-0.25, -0.2) is 37.8 Å². The van der Waals surface area contributed by atoms with Gasteiger partial charge in [-0.3, -0.25) is 4.79 Å². The lowest BCUT2D eigenvalue weighted by Crippen LogP contribution is -2.48. The maximum Gasteiger partial charge on any atom is 0.245 e. The molecule has 0 saturated carbocycles. The average molecular weight is 681 g/mol. The molecule has 6 aromatic rings. The minimum atomic E-state index is -0.786. The SMILES string of the molecule is Cc1nc2cc(F)cc3c2n1C[C@H]1CN(CCCO1)C(=O)[C@@H]1C[C@@H](CN1c1ncnc2c1cnn2-c1ccc(F)cc1F)Nc1cccc-3n1. The summed E-state index contributed by atoms with van der Waals surface area (Å²) in [5, 5.41) is 8.43. The van der Waals surface area contributed by atoms with Crippen LogP contribution in [0, 0.1) is 24.4 Å². The minimum absolute atomic E-state index is 0.0366. The van der Waals surface area contributed by atoms with Gasteiger partial charge < -0.3 is 24.4 Å². The van der Waals surface area contributed by atoms with E-state index in [9.17, 15) is 18.0 Å². The molecule has 4 aromatic heterocycles. The molecule has 6 bridgehead atoms. The molecule has 15 heteroatoms. The van der Waals surface area contributed by atoms with Gasteiger partial charge in [-0.1, -0.05) is 6.07 Å². The number of halogens is 3. The molecule has 9 rings (SSSR count). The van der Waals surface area contributed by atoms with Crippen LogP contribution in [0.2, 0.25) is 0 Å². The summed E-state index contributed by atoms with van der Waals surface area (Å²) >= 11 is 0. The molecular formula is C35H31F3N10O2. The second-order valence-electron chi connectivity index (χ2n) is 13.0. The number of anilines is 2. The summed E-state index contributed by atoms with van der Waals surface area (Å²) in [5.74, 6) is -0.220. The van der Waals surface area contributed by atoms with Crippen LogP contribution in [0.3, 0.4) is 0 Å². The number of ether oxygens (including phenoxy) is 1. The first-order valence-electron chi connectivity index (χ1n) is 16.5. The van der Waals surface area contributed by atoms with Gasteiger partial charge in [0, 0.05) is 50.0 Å². The second kappa shape index (κ2) is 11.8. The first-order valence-corrected chi connectivity index (χ1v) is 16.5. The van der Waals surface area contributed by atoms with Gasteiger partial charge in [-0.15, -0.1) is 0 Å². The van der Waals surface area contributed by atoms with Gasteiger partial charge in [0.05, 0.1) is 41.0 Å². The summed E-state index contributed by atoms with van der Waals surface area (Å²) in [7, 11) is 0. The molecule has 3 aliphatic rings. The highest BCUT2D eigenvalue weighted by atomic mass is 19.1. The number of nitrogens with zero attached hydrogens (tertiary/aromatic N) is 9. The van der Waals surface area contributed by atoms with Crippen LogP contribution < -0.4 is 10.2 Å². The van der Waals surface area contributed by atoms with E-state index in [-0.39, 0.29) is 23.7 Å². The Morgan fingerprint density at radius 1 is 0.980 bits per heavy atom. The smallest absolute Gasteiger partial charge is 0.245 e. The lowest BCUT2D eigenvalue weighted by atomic mass is 10.1. The van der Waals surface area contributed by atoms with Crippen LogP contribution in [0.25, 0.3) is 39.0 Å². The molecule has 3 aliphatic heterocycles. The van der Waals surface area contributed by atoms with Crippen molar-refractivity contribution in [1.29, 1.82) is 0 Å². The highest BCUT2D eigenvalue weighted by Gasteiger charge is 2.42. The molecule has 2 aromatic carbocycles. The van der Waals surface area contributed by atoms with E-state index in [4.69, 9.17) is 9.72 Å². The number of fused-ring (bicyclic) bond motifs is 8. The molecule has 1 amide bonds. The van der Waals surface area contributed by atoms with Crippen molar-refractivity contribution in [3.05, 3.63) is 84.3 Å². The minimum Gasteiger partial charge on any atom is -0.374 e. The van der Waals surface area contributed by atoms with Crippen molar-refractivity contribution in [2.75, 3.05) is 36.5 Å². The number of hydrogen-bond donors (Lipinski definition) is 1. The Morgan fingerprint density at radius 2 is 1.88 bits per heavy atom. The Morgan fingerprint density at radius 3 is 2.76 bits per heavy atom. The van der Waals surface area contributed by atoms with Crippen molar-refractivity contribution in [1.82, 2.24) is 39.2 Å². The lowest BCUT2D eigenvalue weighted by Gasteiger charge is -2.31. The third-order valence-corrected chi connectivity index (χ3v) is 9.76. The molecule has 0 aliphatic carbocycles. The van der Waals surface area contributed by atoms with E-state index in [1.807, 2.05) is 39.5 Å². The first kappa shape index (κ1) is 30.5. The molecule has 0 radical (unpaired) electrons. The summed E-state index contributed by atoms with van der Waals surface area (Å²) in [5.41, 5.74) is 2.84. The number of amides is 1. The van der Waals surface area contributed by atoms with E-state index < -0.39 is 23.5 Å². The van der Waals surface area contributed by atoms with E-state index in [1.165, 1.54) is 35.4 Å². The standard InChI is InChI=1S/C35H31F3N10O2/c1-19-42-28-12-21(37)10-24-27-4-2-5-31(44-27)43-22-13-30(35(49)45-8-3-9-50-23(16-45)17-46(19)32(24)28)47(15-22)33-25-14-41-48(34(25)40-18-39-33)29-7-6-20(36)11-26(29)38/h2,4-7,10-12,14,18,22-23,30H,3,8-9,13,15-17H2,1H3,(H,43,44)/t22-,23+,30-/m0/s1. The van der Waals surface area contributed by atoms with Crippen molar-refractivity contribution in [2.45, 2.75) is 44.5 Å². The van der Waals surface area contributed by atoms with Crippen LogP contribution in [0.4, 0.5) is 24.8 Å². The fraction of sp³-hybridized carbons (Fsp3) is 0.314. The van der Waals surface area contributed by atoms with Crippen molar-refractivity contribution in [3.8, 4) is 16.9 Å². The number of rotatable bonds is 2. The molecule has 50 heavy (non-hydrogen) atoms. The summed E-state index contributed by atoms with van der Waals surface area (Å²) in [6, 6.07) is 10.9. The maximum absolute atomic E-state index is 15.0. The zero-order valence-electron chi connectivity index (χ0n) is 26.9. The van der Waals surface area contributed by atoms with E-state index in [0.717, 1.165) is 17.6 Å². The van der Waals surface area contributed by atoms with Gasteiger partial charge in [0.25, 0.3) is 0 Å². The Bertz CT molecular complexity index is 2310. The van der Waals surface area contributed by atoms with E-state index in [2.05, 4.69) is 25.4 Å². The highest BCUT2D eigenvalue weighted by molar-refractivity contribution is 5.94. The molecule has 3 atom stereocenters. The number of carbonyl (C=O) groups excluding carboxylic acids is 1. The predicted octanol–water partition coefficient (Wildman–Crippen LogP) is 4.64. The Hall–Kier alpha value is -5.57. The molecule has 12 nitrogen and oxygen atoms in total. The van der Waals surface area contributed by atoms with Gasteiger partial charge in [0.2, 0.25) is 5.91 Å². The number of aryl methyl sites for hydroxylation is 1. The van der Waals surface area contributed by atoms with Gasteiger partial charge in [-0.05, 0) is 50.1 Å². The van der Waals surface area contributed by atoms with Gasteiger partial charge in [-0.2, -0.15) is 5.10 Å². The number of nitrogens with one attached hydrogen (secondary N) is 1. The van der Waals surface area contributed by atoms with Gasteiger partial charge in [0.15, 0.2) is 11.5 Å². The second-order valence-corrected chi connectivity index (χ2v) is 13.0. The molecule has 2 saturated heterocycles. The number of imidazole rings is 1. The number of hydrogen-bond acceptors (Lipinski definition) is 9. The molecule has 1 N–H and O–H groups in total. The molecule has 7 heterocycles. The van der Waals surface area contributed by atoms with Gasteiger partial charge in [0.1, 0.15) is 47.2 Å². The number of benzene rings is 2. The summed E-state index contributed by atoms with van der Waals surface area (Å²) < 4.78 is 53.2. The third kappa shape index (κ3) is 5.11. The average Bonchev–Trinajstić information content (AvgIpc) is 3.74. The predicted molar refractivity (Wildman–Crippen MR) is 178 cm³/mol. The molecule has 0 spiro atoms. The fourth-order valence-electron chi connectivity index (χ4n) is 7.56. The fourth-order valence-corrected chi connectivity index (χ4v) is 7.56. The third-order valence-electron chi connectivity index (χ3n) is 9.76. The van der Waals surface area contributed by atoms with Crippen LogP contribution in [0.1, 0.15) is 18.7 Å². The van der Waals surface area contributed by atoms with Crippen LogP contribution in [0.15, 0.2) is 61.1 Å². The van der Waals surface area contributed by atoms with Crippen LogP contribution in [-0.2, 0) is 16.1 Å². The van der Waals surface area contributed by atoms with Crippen LogP contribution in [-0.4, -0.2) is 89.5 Å². The van der Waals surface area contributed by atoms with E-state index in [1.54, 1.807) is 0 Å². The number of aromatic nitrogens is 7. The highest BCUT2D eigenvalue weighted by Crippen LogP contribution is 2.35.